The molecule has 4 aromatic heterocycles. The summed E-state index contributed by atoms with van der Waals surface area (Å²) >= 11 is 3.21. The highest BCUT2D eigenvalue weighted by Gasteiger charge is 2.34. The van der Waals surface area contributed by atoms with Gasteiger partial charge in [0.1, 0.15) is 12.2 Å². The maximum absolute atomic E-state index is 13.4. The lowest BCUT2D eigenvalue weighted by Gasteiger charge is -2.12. The second kappa shape index (κ2) is 9.05. The molecule has 15 heteroatoms. The molecule has 0 saturated carbocycles. The summed E-state index contributed by atoms with van der Waals surface area (Å²) in [5, 5.41) is 13.2. The molecule has 0 aromatic carbocycles. The average Bonchev–Trinajstić information content (AvgIpc) is 3.37. The standard InChI is InChI=1S/C20H16BrF3N8O3/c1-8-15(9(2)32(30-8)7-14-28-19(35-31-14)18(34)25-3)29-17(33)12-5-13(20(22,23)24)27-16-11(12)4-10(21)6-26-16/h4-6H,7H2,1-3H3,(H,25,34)(H,29,33). The van der Waals surface area contributed by atoms with Crippen LogP contribution in [0.4, 0.5) is 18.9 Å². The monoisotopic (exact) mass is 552 g/mol. The number of nitrogens with zero attached hydrogens (tertiary/aromatic N) is 6. The van der Waals surface area contributed by atoms with Crippen LogP contribution in [0.25, 0.3) is 11.0 Å². The molecule has 2 N–H and O–H groups in total. The SMILES string of the molecule is CNC(=O)c1nc(Cn2nc(C)c(NC(=O)c3cc(C(F)(F)F)nc4ncc(Br)cc34)c2C)no1. The fraction of sp³-hybridized carbons (Fsp3) is 0.250. The molecule has 0 atom stereocenters. The maximum Gasteiger partial charge on any atom is 0.433 e. The Balaban J connectivity index is 1.67. The third-order valence-electron chi connectivity index (χ3n) is 4.97. The molecule has 2 amide bonds. The zero-order valence-electron chi connectivity index (χ0n) is 18.4. The molecule has 182 valence electrons. The van der Waals surface area contributed by atoms with E-state index in [1.165, 1.54) is 24.0 Å². The van der Waals surface area contributed by atoms with Gasteiger partial charge >= 0.3 is 18.0 Å². The highest BCUT2D eigenvalue weighted by molar-refractivity contribution is 9.10. The third kappa shape index (κ3) is 4.84. The van der Waals surface area contributed by atoms with E-state index >= 15 is 0 Å². The van der Waals surface area contributed by atoms with E-state index in [9.17, 15) is 22.8 Å². The molecule has 0 fully saturated rings. The molecule has 0 bridgehead atoms. The first-order valence-electron chi connectivity index (χ1n) is 9.91. The van der Waals surface area contributed by atoms with Crippen LogP contribution in [0.15, 0.2) is 27.3 Å². The highest BCUT2D eigenvalue weighted by atomic mass is 79.9. The Bertz CT molecular complexity index is 1460. The largest absolute Gasteiger partial charge is 0.433 e. The maximum atomic E-state index is 13.4. The summed E-state index contributed by atoms with van der Waals surface area (Å²) in [6.45, 7) is 3.30. The molecule has 4 aromatic rings. The number of alkyl halides is 3. The Morgan fingerprint density at radius 3 is 2.60 bits per heavy atom. The first kappa shape index (κ1) is 24.3. The minimum absolute atomic E-state index is 0.0241. The van der Waals surface area contributed by atoms with Crippen molar-refractivity contribution in [1.82, 2.24) is 35.2 Å². The highest BCUT2D eigenvalue weighted by Crippen LogP contribution is 2.32. The van der Waals surface area contributed by atoms with Crippen LogP contribution in [0.2, 0.25) is 0 Å². The number of rotatable bonds is 5. The second-order valence-corrected chi connectivity index (χ2v) is 8.25. The minimum atomic E-state index is -4.77. The smallest absolute Gasteiger partial charge is 0.351 e. The van der Waals surface area contributed by atoms with Gasteiger partial charge in [0, 0.05) is 23.1 Å². The number of halogens is 4. The summed E-state index contributed by atoms with van der Waals surface area (Å²) in [5.41, 5.74) is -0.530. The lowest BCUT2D eigenvalue weighted by atomic mass is 10.1. The predicted molar refractivity (Wildman–Crippen MR) is 119 cm³/mol. The molecule has 0 aliphatic rings. The number of pyridine rings is 2. The van der Waals surface area contributed by atoms with Crippen LogP contribution >= 0.6 is 15.9 Å². The summed E-state index contributed by atoms with van der Waals surface area (Å²) in [6.07, 6.45) is -3.48. The van der Waals surface area contributed by atoms with Crippen molar-refractivity contribution in [2.45, 2.75) is 26.6 Å². The minimum Gasteiger partial charge on any atom is -0.351 e. The summed E-state index contributed by atoms with van der Waals surface area (Å²) in [4.78, 5) is 36.2. The van der Waals surface area contributed by atoms with E-state index in [1.807, 2.05) is 0 Å². The van der Waals surface area contributed by atoms with Gasteiger partial charge in [-0.15, -0.1) is 0 Å². The van der Waals surface area contributed by atoms with Gasteiger partial charge in [-0.1, -0.05) is 5.16 Å². The fourth-order valence-electron chi connectivity index (χ4n) is 3.28. The number of amides is 2. The number of aryl methyl sites for hydroxylation is 1. The number of anilines is 1. The van der Waals surface area contributed by atoms with E-state index in [0.29, 0.717) is 27.6 Å². The van der Waals surface area contributed by atoms with Gasteiger partial charge in [-0.2, -0.15) is 23.3 Å². The predicted octanol–water partition coefficient (Wildman–Crippen LogP) is 3.27. The van der Waals surface area contributed by atoms with E-state index in [4.69, 9.17) is 4.52 Å². The third-order valence-corrected chi connectivity index (χ3v) is 5.40. The van der Waals surface area contributed by atoms with Gasteiger partial charge in [-0.25, -0.2) is 9.97 Å². The first-order chi connectivity index (χ1) is 16.5. The first-order valence-corrected chi connectivity index (χ1v) is 10.7. The van der Waals surface area contributed by atoms with Gasteiger partial charge in [0.2, 0.25) is 0 Å². The van der Waals surface area contributed by atoms with E-state index < -0.39 is 23.7 Å². The van der Waals surface area contributed by atoms with Crippen LogP contribution in [0.1, 0.15) is 43.9 Å². The van der Waals surface area contributed by atoms with E-state index in [1.54, 1.807) is 13.8 Å². The van der Waals surface area contributed by atoms with Gasteiger partial charge in [0.15, 0.2) is 11.5 Å². The van der Waals surface area contributed by atoms with Crippen LogP contribution in [-0.4, -0.2) is 48.8 Å². The molecule has 0 aliphatic heterocycles. The van der Waals surface area contributed by atoms with Crippen LogP contribution in [0, 0.1) is 13.8 Å². The molecule has 0 unspecified atom stereocenters. The molecule has 0 aliphatic carbocycles. The van der Waals surface area contributed by atoms with E-state index in [2.05, 4.69) is 51.8 Å². The Kier molecular flexibility index (Phi) is 6.27. The molecule has 0 saturated heterocycles. The van der Waals surface area contributed by atoms with Gasteiger partial charge in [0.05, 0.1) is 22.6 Å². The summed E-state index contributed by atoms with van der Waals surface area (Å²) in [7, 11) is 1.42. The van der Waals surface area contributed by atoms with E-state index in [0.717, 1.165) is 0 Å². The Labute approximate surface area is 203 Å². The number of fused-ring (bicyclic) bond motifs is 1. The summed E-state index contributed by atoms with van der Waals surface area (Å²) in [6, 6.07) is 2.15. The van der Waals surface area contributed by atoms with Crippen molar-refractivity contribution < 1.29 is 27.3 Å². The Morgan fingerprint density at radius 2 is 1.91 bits per heavy atom. The quantitative estimate of drug-likeness (QED) is 0.384. The Hall–Kier alpha value is -3.88. The molecule has 4 rings (SSSR count). The molecule has 0 radical (unpaired) electrons. The van der Waals surface area contributed by atoms with Crippen molar-refractivity contribution in [3.8, 4) is 0 Å². The Morgan fingerprint density at radius 1 is 1.17 bits per heavy atom. The number of carbonyl (C=O) groups excluding carboxylic acids is 2. The number of nitrogens with one attached hydrogen (secondary N) is 2. The number of hydrogen-bond acceptors (Lipinski definition) is 8. The van der Waals surface area contributed by atoms with Crippen molar-refractivity contribution in [3.63, 3.8) is 0 Å². The van der Waals surface area contributed by atoms with Crippen LogP contribution in [0.5, 0.6) is 0 Å². The normalized spacial score (nSPS) is 11.6. The topological polar surface area (TPSA) is 141 Å². The van der Waals surface area contributed by atoms with Gasteiger partial charge < -0.3 is 15.2 Å². The van der Waals surface area contributed by atoms with Gasteiger partial charge in [-0.3, -0.25) is 14.3 Å². The van der Waals surface area contributed by atoms with E-state index in [-0.39, 0.29) is 34.9 Å². The molecular weight excluding hydrogens is 537 g/mol. The second-order valence-electron chi connectivity index (χ2n) is 7.33. The molecule has 35 heavy (non-hydrogen) atoms. The van der Waals surface area contributed by atoms with Crippen LogP contribution < -0.4 is 10.6 Å². The van der Waals surface area contributed by atoms with Crippen molar-refractivity contribution in [2.24, 2.45) is 0 Å². The number of hydrogen-bond donors (Lipinski definition) is 2. The van der Waals surface area contributed by atoms with Crippen molar-refractivity contribution >= 4 is 44.5 Å². The van der Waals surface area contributed by atoms with Crippen molar-refractivity contribution in [2.75, 3.05) is 12.4 Å². The van der Waals surface area contributed by atoms with Gasteiger partial charge in [-0.05, 0) is 41.9 Å². The summed E-state index contributed by atoms with van der Waals surface area (Å²) in [5.74, 6) is -1.40. The lowest BCUT2D eigenvalue weighted by Crippen LogP contribution is -2.18. The average molecular weight is 553 g/mol. The molecule has 0 spiro atoms. The molecule has 4 heterocycles. The zero-order valence-corrected chi connectivity index (χ0v) is 19.9. The van der Waals surface area contributed by atoms with Crippen molar-refractivity contribution in [3.05, 3.63) is 57.2 Å². The summed E-state index contributed by atoms with van der Waals surface area (Å²) < 4.78 is 47.0. The number of carbonyl (C=O) groups is 2. The number of aromatic nitrogens is 6. The molecule has 11 nitrogen and oxygen atoms in total. The molecular formula is C20H16BrF3N8O3. The van der Waals surface area contributed by atoms with Crippen LogP contribution in [0.3, 0.4) is 0 Å². The lowest BCUT2D eigenvalue weighted by molar-refractivity contribution is -0.141. The van der Waals surface area contributed by atoms with Gasteiger partial charge in [0.25, 0.3) is 5.91 Å². The van der Waals surface area contributed by atoms with Crippen LogP contribution in [-0.2, 0) is 12.7 Å². The zero-order chi connectivity index (χ0) is 25.5. The fourth-order valence-corrected chi connectivity index (χ4v) is 3.61. The van der Waals surface area contributed by atoms with Crippen molar-refractivity contribution in [1.29, 1.82) is 0 Å².